The van der Waals surface area contributed by atoms with Crippen LogP contribution in [0.15, 0.2) is 89.7 Å². The van der Waals surface area contributed by atoms with E-state index in [1.165, 1.54) is 11.1 Å². The smallest absolute Gasteiger partial charge is 0.259 e. The summed E-state index contributed by atoms with van der Waals surface area (Å²) in [5, 5.41) is 4.44. The van der Waals surface area contributed by atoms with Crippen molar-refractivity contribution in [1.29, 1.82) is 0 Å². The van der Waals surface area contributed by atoms with Crippen LogP contribution in [0.5, 0.6) is 0 Å². The number of hydrogen-bond donors (Lipinski definition) is 1. The minimum atomic E-state index is -0.391. The zero-order valence-corrected chi connectivity index (χ0v) is 21.1. The van der Waals surface area contributed by atoms with Crippen LogP contribution in [0.2, 0.25) is 0 Å². The number of fused-ring (bicyclic) bond motifs is 1. The average Bonchev–Trinajstić information content (AvgIpc) is 3.63. The monoisotopic (exact) mass is 501 g/mol. The summed E-state index contributed by atoms with van der Waals surface area (Å²) < 4.78 is 8.00. The first-order valence-electron chi connectivity index (χ1n) is 13.1. The number of aromatic nitrogens is 1. The second-order valence-electron chi connectivity index (χ2n) is 10.1. The van der Waals surface area contributed by atoms with E-state index >= 15 is 0 Å². The minimum absolute atomic E-state index is 0.299. The van der Waals surface area contributed by atoms with Gasteiger partial charge >= 0.3 is 0 Å². The molecule has 0 saturated heterocycles. The van der Waals surface area contributed by atoms with Crippen LogP contribution >= 0.6 is 0 Å². The van der Waals surface area contributed by atoms with Crippen molar-refractivity contribution >= 4 is 44.8 Å². The Bertz CT molecular complexity index is 1760. The van der Waals surface area contributed by atoms with Gasteiger partial charge in [-0.2, -0.15) is 0 Å². The molecule has 0 fully saturated rings. The van der Waals surface area contributed by atoms with Gasteiger partial charge in [0, 0.05) is 53.8 Å². The van der Waals surface area contributed by atoms with Gasteiger partial charge < -0.3 is 8.98 Å². The van der Waals surface area contributed by atoms with Gasteiger partial charge in [-0.1, -0.05) is 66.7 Å². The zero-order chi connectivity index (χ0) is 25.8. The molecule has 0 saturated carbocycles. The average molecular weight is 502 g/mol. The number of carbonyl (C=O) groups is 2. The molecule has 38 heavy (non-hydrogen) atoms. The minimum Gasteiger partial charge on any atom is -0.464 e. The molecular formula is C32H27N3O3. The molecule has 0 radical (unpaired) electrons. The van der Waals surface area contributed by atoms with Crippen LogP contribution in [-0.4, -0.2) is 34.4 Å². The molecule has 1 atom stereocenters. The molecule has 0 bridgehead atoms. The third kappa shape index (κ3) is 3.52. The summed E-state index contributed by atoms with van der Waals surface area (Å²) in [6.45, 7) is 4.89. The van der Waals surface area contributed by atoms with Crippen LogP contribution in [0.1, 0.15) is 35.2 Å². The van der Waals surface area contributed by atoms with Crippen molar-refractivity contribution in [3.63, 3.8) is 0 Å². The first-order chi connectivity index (χ1) is 18.6. The third-order valence-electron chi connectivity index (χ3n) is 8.06. The maximum atomic E-state index is 13.3. The summed E-state index contributed by atoms with van der Waals surface area (Å²) in [6, 6.07) is 24.7. The van der Waals surface area contributed by atoms with E-state index < -0.39 is 5.91 Å². The van der Waals surface area contributed by atoms with Crippen molar-refractivity contribution in [3.8, 4) is 0 Å². The summed E-state index contributed by atoms with van der Waals surface area (Å²) in [5.41, 5.74) is 6.51. The van der Waals surface area contributed by atoms with Gasteiger partial charge in [0.05, 0.1) is 22.9 Å². The molecule has 3 aromatic carbocycles. The Labute approximate surface area is 220 Å². The molecule has 2 aliphatic rings. The van der Waals surface area contributed by atoms with E-state index in [1.54, 1.807) is 6.26 Å². The van der Waals surface area contributed by atoms with Crippen LogP contribution in [0.25, 0.3) is 33.0 Å². The lowest BCUT2D eigenvalue weighted by Crippen LogP contribution is -2.33. The molecular weight excluding hydrogens is 474 g/mol. The van der Waals surface area contributed by atoms with Crippen LogP contribution in [0.3, 0.4) is 0 Å². The molecule has 7 rings (SSSR count). The highest BCUT2D eigenvalue weighted by Crippen LogP contribution is 2.39. The number of hydrogen-bond acceptors (Lipinski definition) is 4. The molecule has 1 unspecified atom stereocenters. The molecule has 0 aliphatic carbocycles. The molecule has 5 aromatic rings. The third-order valence-corrected chi connectivity index (χ3v) is 8.06. The van der Waals surface area contributed by atoms with E-state index in [9.17, 15) is 9.59 Å². The molecule has 2 aromatic heterocycles. The highest BCUT2D eigenvalue weighted by Gasteiger charge is 2.35. The van der Waals surface area contributed by atoms with E-state index in [1.807, 2.05) is 24.3 Å². The van der Waals surface area contributed by atoms with Crippen LogP contribution in [0.4, 0.5) is 0 Å². The molecule has 1 N–H and O–H groups in total. The van der Waals surface area contributed by atoms with Gasteiger partial charge in [0.25, 0.3) is 11.8 Å². The number of para-hydroxylation sites is 2. The molecule has 2 amide bonds. The van der Waals surface area contributed by atoms with Crippen LogP contribution in [0, 0.1) is 0 Å². The number of rotatable bonds is 4. The Morgan fingerprint density at radius 3 is 2.45 bits per heavy atom. The van der Waals surface area contributed by atoms with E-state index in [2.05, 4.69) is 76.4 Å². The first-order valence-corrected chi connectivity index (χ1v) is 13.1. The maximum Gasteiger partial charge on any atom is 0.259 e. The number of furan rings is 1. The lowest BCUT2D eigenvalue weighted by Gasteiger charge is -2.31. The predicted molar refractivity (Wildman–Crippen MR) is 148 cm³/mol. The fraction of sp³-hybridized carbons (Fsp3) is 0.188. The van der Waals surface area contributed by atoms with Crippen LogP contribution < -0.4 is 5.32 Å². The highest BCUT2D eigenvalue weighted by molar-refractivity contribution is 6.50. The van der Waals surface area contributed by atoms with Gasteiger partial charge in [-0.25, -0.2) is 0 Å². The lowest BCUT2D eigenvalue weighted by atomic mass is 9.94. The van der Waals surface area contributed by atoms with E-state index in [0.29, 0.717) is 28.3 Å². The summed E-state index contributed by atoms with van der Waals surface area (Å²) in [7, 11) is 0. The number of benzene rings is 3. The molecule has 6 nitrogen and oxygen atoms in total. The van der Waals surface area contributed by atoms with Gasteiger partial charge in [0.2, 0.25) is 0 Å². The SMILES string of the molecule is CC(c1ccccc1)N1CCc2cccc3c(C4=C(c5cccc6ccoc56)C(=O)NC4=O)cn(c23)CC1. The van der Waals surface area contributed by atoms with Gasteiger partial charge in [0.15, 0.2) is 0 Å². The van der Waals surface area contributed by atoms with Crippen molar-refractivity contribution in [1.82, 2.24) is 14.8 Å². The Hall–Kier alpha value is -4.42. The van der Waals surface area contributed by atoms with Crippen molar-refractivity contribution in [2.45, 2.75) is 25.9 Å². The molecule has 188 valence electrons. The Morgan fingerprint density at radius 2 is 1.61 bits per heavy atom. The lowest BCUT2D eigenvalue weighted by molar-refractivity contribution is -0.122. The van der Waals surface area contributed by atoms with E-state index in [-0.39, 0.29) is 5.91 Å². The van der Waals surface area contributed by atoms with Crippen molar-refractivity contribution in [2.75, 3.05) is 13.1 Å². The van der Waals surface area contributed by atoms with E-state index in [0.717, 1.165) is 47.9 Å². The van der Waals surface area contributed by atoms with Gasteiger partial charge in [-0.3, -0.25) is 19.8 Å². The fourth-order valence-electron chi connectivity index (χ4n) is 6.12. The number of imide groups is 1. The molecule has 6 heteroatoms. The predicted octanol–water partition coefficient (Wildman–Crippen LogP) is 5.57. The van der Waals surface area contributed by atoms with Crippen molar-refractivity contribution < 1.29 is 14.0 Å². The zero-order valence-electron chi connectivity index (χ0n) is 21.1. The standard InChI is InChI=1S/C32H27N3O3/c1-20(21-7-3-2-4-8-21)34-15-13-22-9-5-11-24-26(19-35(17-16-34)29(22)24)28-27(31(36)33-32(28)37)25-12-6-10-23-14-18-38-30(23)25/h2-12,14,18-20H,13,15-17H2,1H3,(H,33,36,37). The largest absolute Gasteiger partial charge is 0.464 e. The van der Waals surface area contributed by atoms with E-state index in [4.69, 9.17) is 4.42 Å². The van der Waals surface area contributed by atoms with Gasteiger partial charge in [0.1, 0.15) is 5.58 Å². The molecule has 0 spiro atoms. The second-order valence-corrected chi connectivity index (χ2v) is 10.1. The number of amides is 2. The number of nitrogens with zero attached hydrogens (tertiary/aromatic N) is 2. The summed E-state index contributed by atoms with van der Waals surface area (Å²) in [6.07, 6.45) is 4.57. The Kier molecular flexibility index (Phi) is 5.30. The summed E-state index contributed by atoms with van der Waals surface area (Å²) in [4.78, 5) is 28.9. The topological polar surface area (TPSA) is 67.5 Å². The summed E-state index contributed by atoms with van der Waals surface area (Å²) >= 11 is 0. The molecule has 4 heterocycles. The first kappa shape index (κ1) is 22.8. The Morgan fingerprint density at radius 1 is 0.816 bits per heavy atom. The van der Waals surface area contributed by atoms with Crippen LogP contribution in [-0.2, 0) is 22.6 Å². The number of nitrogens with one attached hydrogen (secondary N) is 1. The quantitative estimate of drug-likeness (QED) is 0.327. The molecule has 2 aliphatic heterocycles. The number of carbonyl (C=O) groups excluding carboxylic acids is 2. The second kappa shape index (κ2) is 8.85. The maximum absolute atomic E-state index is 13.3. The fourth-order valence-corrected chi connectivity index (χ4v) is 6.12. The Balaban J connectivity index is 1.36. The van der Waals surface area contributed by atoms with Gasteiger partial charge in [-0.15, -0.1) is 0 Å². The highest BCUT2D eigenvalue weighted by atomic mass is 16.3. The van der Waals surface area contributed by atoms with Crippen molar-refractivity contribution in [3.05, 3.63) is 108 Å². The normalized spacial score (nSPS) is 17.2. The van der Waals surface area contributed by atoms with Gasteiger partial charge in [-0.05, 0) is 30.5 Å². The van der Waals surface area contributed by atoms with Crippen molar-refractivity contribution in [2.24, 2.45) is 0 Å². The summed E-state index contributed by atoms with van der Waals surface area (Å²) in [5.74, 6) is -0.759.